The van der Waals surface area contributed by atoms with Crippen molar-refractivity contribution in [2.24, 2.45) is 5.41 Å². The lowest BCUT2D eigenvalue weighted by Crippen LogP contribution is -2.50. The molecule has 0 radical (unpaired) electrons. The van der Waals surface area contributed by atoms with E-state index in [4.69, 9.17) is 23.2 Å². The Balaban J connectivity index is 1.91. The van der Waals surface area contributed by atoms with Gasteiger partial charge < -0.3 is 10.2 Å². The highest BCUT2D eigenvalue weighted by Crippen LogP contribution is 2.63. The molecule has 96 valence electrons. The zero-order chi connectivity index (χ0) is 12.8. The van der Waals surface area contributed by atoms with Crippen LogP contribution in [0.4, 0.5) is 0 Å². The van der Waals surface area contributed by atoms with Gasteiger partial charge in [0.2, 0.25) is 11.8 Å². The number of halogens is 2. The third kappa shape index (κ3) is 2.25. The summed E-state index contributed by atoms with van der Waals surface area (Å²) in [6.45, 7) is 2.32. The van der Waals surface area contributed by atoms with Gasteiger partial charge in [0.05, 0.1) is 5.41 Å². The van der Waals surface area contributed by atoms with E-state index in [1.54, 1.807) is 18.9 Å². The molecule has 0 unspecified atom stereocenters. The van der Waals surface area contributed by atoms with E-state index in [-0.39, 0.29) is 17.9 Å². The van der Waals surface area contributed by atoms with Crippen LogP contribution in [0.1, 0.15) is 26.2 Å². The number of nitrogens with one attached hydrogen (secondary N) is 1. The summed E-state index contributed by atoms with van der Waals surface area (Å²) in [6, 6.07) is 0.00626. The quantitative estimate of drug-likeness (QED) is 0.775. The second-order valence-corrected chi connectivity index (χ2v) is 6.68. The van der Waals surface area contributed by atoms with Gasteiger partial charge >= 0.3 is 0 Å². The molecular weight excluding hydrogens is 263 g/mol. The maximum absolute atomic E-state index is 12.0. The Bertz CT molecular complexity index is 372. The normalized spacial score (nSPS) is 35.6. The molecule has 0 bridgehead atoms. The van der Waals surface area contributed by atoms with Crippen LogP contribution in [0.3, 0.4) is 0 Å². The summed E-state index contributed by atoms with van der Waals surface area (Å²) in [5, 5.41) is 2.93. The molecule has 0 aromatic carbocycles. The van der Waals surface area contributed by atoms with E-state index in [2.05, 4.69) is 5.32 Å². The Labute approximate surface area is 111 Å². The molecule has 1 aliphatic carbocycles. The number of alkyl halides is 2. The zero-order valence-corrected chi connectivity index (χ0v) is 11.4. The van der Waals surface area contributed by atoms with Crippen LogP contribution >= 0.6 is 23.2 Å². The topological polar surface area (TPSA) is 49.4 Å². The van der Waals surface area contributed by atoms with Crippen molar-refractivity contribution in [2.75, 3.05) is 13.6 Å². The Morgan fingerprint density at radius 2 is 2.12 bits per heavy atom. The number of hydrogen-bond donors (Lipinski definition) is 1. The zero-order valence-electron chi connectivity index (χ0n) is 9.93. The average Bonchev–Trinajstić information content (AvgIpc) is 2.74. The average molecular weight is 279 g/mol. The smallest absolute Gasteiger partial charge is 0.229 e. The summed E-state index contributed by atoms with van der Waals surface area (Å²) in [7, 11) is 1.74. The molecule has 2 atom stereocenters. The minimum absolute atomic E-state index is 0.00626. The number of hydrogen-bond acceptors (Lipinski definition) is 2. The molecule has 0 aromatic rings. The van der Waals surface area contributed by atoms with Gasteiger partial charge in [0.15, 0.2) is 0 Å². The number of likely N-dealkylation sites (tertiary alicyclic amines) is 1. The first-order chi connectivity index (χ1) is 7.76. The van der Waals surface area contributed by atoms with Crippen LogP contribution in [0.25, 0.3) is 0 Å². The molecule has 4 nitrogen and oxygen atoms in total. The van der Waals surface area contributed by atoms with Crippen LogP contribution in [-0.4, -0.2) is 40.7 Å². The second-order valence-electron chi connectivity index (χ2n) is 5.20. The summed E-state index contributed by atoms with van der Waals surface area (Å²) in [6.07, 6.45) is 1.64. The van der Waals surface area contributed by atoms with E-state index < -0.39 is 9.75 Å². The van der Waals surface area contributed by atoms with Crippen molar-refractivity contribution in [3.63, 3.8) is 0 Å². The lowest BCUT2D eigenvalue weighted by Gasteiger charge is -2.31. The minimum Gasteiger partial charge on any atom is -0.351 e. The van der Waals surface area contributed by atoms with E-state index >= 15 is 0 Å². The fourth-order valence-corrected chi connectivity index (χ4v) is 2.83. The first kappa shape index (κ1) is 13.0. The van der Waals surface area contributed by atoms with Crippen molar-refractivity contribution in [2.45, 2.75) is 36.6 Å². The van der Waals surface area contributed by atoms with Crippen LogP contribution < -0.4 is 5.32 Å². The van der Waals surface area contributed by atoms with E-state index in [0.717, 1.165) is 0 Å². The van der Waals surface area contributed by atoms with Gasteiger partial charge in [-0.1, -0.05) is 0 Å². The van der Waals surface area contributed by atoms with Gasteiger partial charge in [0.25, 0.3) is 0 Å². The molecule has 2 aliphatic rings. The maximum atomic E-state index is 12.0. The third-order valence-electron chi connectivity index (χ3n) is 3.72. The predicted molar refractivity (Wildman–Crippen MR) is 66.0 cm³/mol. The highest BCUT2D eigenvalue weighted by atomic mass is 35.5. The van der Waals surface area contributed by atoms with E-state index in [9.17, 15) is 9.59 Å². The number of carbonyl (C=O) groups excluding carboxylic acids is 2. The van der Waals surface area contributed by atoms with Crippen molar-refractivity contribution in [1.29, 1.82) is 0 Å². The number of rotatable bonds is 2. The van der Waals surface area contributed by atoms with Crippen molar-refractivity contribution in [3.05, 3.63) is 0 Å². The first-order valence-corrected chi connectivity index (χ1v) is 6.45. The first-order valence-electron chi connectivity index (χ1n) is 5.69. The van der Waals surface area contributed by atoms with E-state index in [1.807, 2.05) is 0 Å². The van der Waals surface area contributed by atoms with Gasteiger partial charge in [-0.3, -0.25) is 9.59 Å². The molecule has 1 saturated heterocycles. The third-order valence-corrected chi connectivity index (χ3v) is 4.82. The molecule has 0 spiro atoms. The highest BCUT2D eigenvalue weighted by molar-refractivity contribution is 6.53. The summed E-state index contributed by atoms with van der Waals surface area (Å²) >= 11 is 11.9. The molecule has 1 heterocycles. The van der Waals surface area contributed by atoms with E-state index in [1.165, 1.54) is 0 Å². The molecule has 1 saturated carbocycles. The van der Waals surface area contributed by atoms with Crippen molar-refractivity contribution >= 4 is 35.0 Å². The van der Waals surface area contributed by atoms with Crippen molar-refractivity contribution in [3.8, 4) is 0 Å². The number of piperidine rings is 1. The Kier molecular flexibility index (Phi) is 3.07. The standard InChI is InChI=1S/C11H16Cl2N2O2/c1-10(6-11(10,12)13)9(17)14-7-3-4-8(16)15(2)5-7/h7H,3-6H2,1-2H3,(H,14,17)/t7-,10-/m1/s1. The van der Waals surface area contributed by atoms with Gasteiger partial charge in [0.1, 0.15) is 4.33 Å². The molecule has 2 rings (SSSR count). The number of likely N-dealkylation sites (N-methyl/N-ethyl adjacent to an activating group) is 1. The molecule has 2 fully saturated rings. The Morgan fingerprint density at radius 1 is 1.53 bits per heavy atom. The largest absolute Gasteiger partial charge is 0.351 e. The van der Waals surface area contributed by atoms with Crippen LogP contribution in [0, 0.1) is 5.41 Å². The summed E-state index contributed by atoms with van der Waals surface area (Å²) in [5.41, 5.74) is -0.684. The van der Waals surface area contributed by atoms with Crippen LogP contribution in [0.15, 0.2) is 0 Å². The number of amides is 2. The predicted octanol–water partition coefficient (Wildman–Crippen LogP) is 1.31. The van der Waals surface area contributed by atoms with Gasteiger partial charge in [-0.05, 0) is 19.8 Å². The lowest BCUT2D eigenvalue weighted by molar-refractivity contribution is -0.134. The van der Waals surface area contributed by atoms with Crippen LogP contribution in [-0.2, 0) is 9.59 Å². The minimum atomic E-state index is -0.937. The van der Waals surface area contributed by atoms with Crippen molar-refractivity contribution < 1.29 is 9.59 Å². The van der Waals surface area contributed by atoms with Gasteiger partial charge in [-0.15, -0.1) is 23.2 Å². The number of nitrogens with zero attached hydrogens (tertiary/aromatic N) is 1. The van der Waals surface area contributed by atoms with Gasteiger partial charge in [-0.2, -0.15) is 0 Å². The summed E-state index contributed by atoms with van der Waals surface area (Å²) < 4.78 is -0.937. The van der Waals surface area contributed by atoms with Crippen molar-refractivity contribution in [1.82, 2.24) is 10.2 Å². The Hall–Kier alpha value is -0.480. The molecule has 6 heteroatoms. The summed E-state index contributed by atoms with van der Waals surface area (Å²) in [5.74, 6) is 0.00687. The highest BCUT2D eigenvalue weighted by Gasteiger charge is 2.68. The van der Waals surface area contributed by atoms with E-state index in [0.29, 0.717) is 25.8 Å². The van der Waals surface area contributed by atoms with Crippen LogP contribution in [0.5, 0.6) is 0 Å². The fourth-order valence-electron chi connectivity index (χ4n) is 2.12. The molecule has 1 N–H and O–H groups in total. The fraction of sp³-hybridized carbons (Fsp3) is 0.818. The monoisotopic (exact) mass is 278 g/mol. The molecular formula is C11H16Cl2N2O2. The Morgan fingerprint density at radius 3 is 2.59 bits per heavy atom. The van der Waals surface area contributed by atoms with Gasteiger partial charge in [-0.25, -0.2) is 0 Å². The van der Waals surface area contributed by atoms with Crippen LogP contribution in [0.2, 0.25) is 0 Å². The maximum Gasteiger partial charge on any atom is 0.229 e. The lowest BCUT2D eigenvalue weighted by atomic mass is 10.0. The second kappa shape index (κ2) is 4.02. The SMILES string of the molecule is CN1C[C@H](NC(=O)[C@@]2(C)CC2(Cl)Cl)CCC1=O. The molecule has 0 aromatic heterocycles. The number of carbonyl (C=O) groups is 2. The molecule has 17 heavy (non-hydrogen) atoms. The molecule has 1 aliphatic heterocycles. The summed E-state index contributed by atoms with van der Waals surface area (Å²) in [4.78, 5) is 25.0. The molecule has 2 amide bonds. The van der Waals surface area contributed by atoms with Gasteiger partial charge in [0, 0.05) is 26.1 Å².